The molecule has 0 aromatic heterocycles. The van der Waals surface area contributed by atoms with Crippen LogP contribution in [-0.2, 0) is 39.1 Å². The number of hydrogen-bond acceptors (Lipinski definition) is 2. The van der Waals surface area contributed by atoms with E-state index >= 15 is 0 Å². The first-order valence-corrected chi connectivity index (χ1v) is 14.7. The molecule has 0 unspecified atom stereocenters. The molecule has 0 heterocycles. The van der Waals surface area contributed by atoms with Crippen molar-refractivity contribution in [1.29, 1.82) is 0 Å². The number of rotatable bonds is 6. The fourth-order valence-electron chi connectivity index (χ4n) is 1.62. The Bertz CT molecular complexity index is 446. The van der Waals surface area contributed by atoms with Gasteiger partial charge < -0.3 is 8.85 Å². The predicted octanol–water partition coefficient (Wildman–Crippen LogP) is 5.51. The van der Waals surface area contributed by atoms with E-state index in [4.69, 9.17) is 8.85 Å². The maximum absolute atomic E-state index is 5.71. The predicted molar refractivity (Wildman–Crippen MR) is 100 cm³/mol. The number of hydrogen-bond donors (Lipinski definition) is 0. The largest absolute Gasteiger partial charge is 2.00 e. The van der Waals surface area contributed by atoms with Crippen LogP contribution < -0.4 is 0 Å². The summed E-state index contributed by atoms with van der Waals surface area (Å²) in [4.78, 5) is 0. The minimum atomic E-state index is -1.31. The molecule has 2 aromatic carbocycles. The normalized spacial score (nSPS) is 11.4. The van der Waals surface area contributed by atoms with Crippen LogP contribution >= 0.6 is 0 Å². The quantitative estimate of drug-likeness (QED) is 0.478. The third kappa shape index (κ3) is 12.6. The molecule has 0 N–H and O–H groups in total. The van der Waals surface area contributed by atoms with Gasteiger partial charge in [-0.25, -0.2) is 24.3 Å². The molecule has 2 nitrogen and oxygen atoms in total. The second-order valence-corrected chi connectivity index (χ2v) is 16.4. The molecule has 130 valence electrons. The Labute approximate surface area is 154 Å². The van der Waals surface area contributed by atoms with Gasteiger partial charge in [-0.2, -0.15) is 24.3 Å². The van der Waals surface area contributed by atoms with Gasteiger partial charge in [0, 0.05) is 13.2 Å². The zero-order valence-corrected chi connectivity index (χ0v) is 18.3. The van der Waals surface area contributed by atoms with Crippen LogP contribution in [0.25, 0.3) is 0 Å². The van der Waals surface area contributed by atoms with Crippen molar-refractivity contribution >= 4 is 16.6 Å². The molecule has 0 atom stereocenters. The van der Waals surface area contributed by atoms with Crippen LogP contribution in [0.2, 0.25) is 39.3 Å². The second kappa shape index (κ2) is 10.4. The molecular weight excluding hydrogens is 360 g/mol. The summed E-state index contributed by atoms with van der Waals surface area (Å²) in [5.41, 5.74) is 2.57. The van der Waals surface area contributed by atoms with Crippen molar-refractivity contribution in [2.24, 2.45) is 0 Å². The molecule has 5 heteroatoms. The summed E-state index contributed by atoms with van der Waals surface area (Å²) in [6, 6.07) is 16.6. The zero-order chi connectivity index (χ0) is 16.6. The van der Waals surface area contributed by atoms with Gasteiger partial charge in [0.05, 0.1) is 0 Å². The molecule has 0 radical (unpaired) electrons. The minimum Gasteiger partial charge on any atom is -0.415 e. The van der Waals surface area contributed by atoms with Crippen molar-refractivity contribution in [2.75, 3.05) is 0 Å². The maximum Gasteiger partial charge on any atom is 2.00 e. The van der Waals surface area contributed by atoms with E-state index in [2.05, 4.69) is 63.5 Å². The van der Waals surface area contributed by atoms with E-state index in [-0.39, 0.29) is 17.1 Å². The van der Waals surface area contributed by atoms with Crippen LogP contribution in [0.3, 0.4) is 0 Å². The minimum absolute atomic E-state index is 0. The molecule has 0 bridgehead atoms. The van der Waals surface area contributed by atoms with Crippen LogP contribution in [-0.4, -0.2) is 16.6 Å². The molecular formula is C18H30FeO2Si2. The molecule has 0 saturated heterocycles. The van der Waals surface area contributed by atoms with Gasteiger partial charge in [-0.05, 0) is 39.3 Å². The van der Waals surface area contributed by atoms with Gasteiger partial charge in [-0.3, -0.25) is 0 Å². The first-order valence-electron chi connectivity index (χ1n) is 7.85. The summed E-state index contributed by atoms with van der Waals surface area (Å²) < 4.78 is 11.4. The van der Waals surface area contributed by atoms with Crippen molar-refractivity contribution in [3.05, 3.63) is 59.7 Å². The van der Waals surface area contributed by atoms with Crippen molar-refractivity contribution in [3.8, 4) is 0 Å². The van der Waals surface area contributed by atoms with Crippen LogP contribution in [0, 0.1) is 0 Å². The van der Waals surface area contributed by atoms with E-state index in [9.17, 15) is 0 Å². The standard InChI is InChI=1S/2C9H15OSi.Fe/c2*1-11(2,3)10-8-9-6-4-5-7-9;/h2*4-7H,8H2,1-3H3;/q2*-1;+2. The fourth-order valence-corrected chi connectivity index (χ4v) is 2.82. The average molecular weight is 390 g/mol. The van der Waals surface area contributed by atoms with Crippen molar-refractivity contribution in [3.63, 3.8) is 0 Å². The van der Waals surface area contributed by atoms with E-state index in [1.54, 1.807) is 0 Å². The van der Waals surface area contributed by atoms with Gasteiger partial charge in [0.25, 0.3) is 0 Å². The van der Waals surface area contributed by atoms with Crippen LogP contribution in [0.15, 0.2) is 48.5 Å². The van der Waals surface area contributed by atoms with Crippen molar-refractivity contribution in [2.45, 2.75) is 52.5 Å². The van der Waals surface area contributed by atoms with Crippen molar-refractivity contribution < 1.29 is 25.9 Å². The topological polar surface area (TPSA) is 18.5 Å². The Morgan fingerprint density at radius 1 is 0.739 bits per heavy atom. The Hall–Kier alpha value is -0.427. The summed E-state index contributed by atoms with van der Waals surface area (Å²) in [6.07, 6.45) is 0. The van der Waals surface area contributed by atoms with Gasteiger partial charge in [-0.15, -0.1) is 11.1 Å². The molecule has 0 saturated carbocycles. The fraction of sp³-hybridized carbons (Fsp3) is 0.444. The SMILES string of the molecule is C[Si](C)(C)OCc1ccc[cH-]1.C[Si](C)(C)OCc1ccc[cH-]1.[Fe+2]. The van der Waals surface area contributed by atoms with Crippen molar-refractivity contribution in [1.82, 2.24) is 0 Å². The Morgan fingerprint density at radius 2 is 1.09 bits per heavy atom. The van der Waals surface area contributed by atoms with Gasteiger partial charge >= 0.3 is 17.1 Å². The summed E-state index contributed by atoms with van der Waals surface area (Å²) in [5.74, 6) is 0. The molecule has 0 spiro atoms. The van der Waals surface area contributed by atoms with E-state index in [0.717, 1.165) is 13.2 Å². The summed E-state index contributed by atoms with van der Waals surface area (Å²) in [7, 11) is -2.63. The summed E-state index contributed by atoms with van der Waals surface area (Å²) >= 11 is 0. The van der Waals surface area contributed by atoms with Gasteiger partial charge in [0.2, 0.25) is 0 Å². The van der Waals surface area contributed by atoms with Gasteiger partial charge in [0.15, 0.2) is 16.6 Å². The zero-order valence-electron chi connectivity index (χ0n) is 15.2. The first kappa shape index (κ1) is 22.6. The Morgan fingerprint density at radius 3 is 1.30 bits per heavy atom. The van der Waals surface area contributed by atoms with Gasteiger partial charge in [0.1, 0.15) is 0 Å². The third-order valence-corrected chi connectivity index (χ3v) is 4.83. The average Bonchev–Trinajstić information content (AvgIpc) is 3.07. The van der Waals surface area contributed by atoms with E-state index < -0.39 is 16.6 Å². The Balaban J connectivity index is 0.000000403. The first-order chi connectivity index (χ1) is 10.2. The summed E-state index contributed by atoms with van der Waals surface area (Å²) in [6.45, 7) is 14.8. The van der Waals surface area contributed by atoms with Gasteiger partial charge in [-0.1, -0.05) is 0 Å². The molecule has 2 rings (SSSR count). The van der Waals surface area contributed by atoms with Crippen LogP contribution in [0.4, 0.5) is 0 Å². The monoisotopic (exact) mass is 390 g/mol. The smallest absolute Gasteiger partial charge is 0.415 e. The van der Waals surface area contributed by atoms with E-state index in [0.29, 0.717) is 0 Å². The molecule has 23 heavy (non-hydrogen) atoms. The molecule has 0 aliphatic carbocycles. The molecule has 0 fully saturated rings. The molecule has 2 aromatic rings. The molecule has 0 amide bonds. The maximum atomic E-state index is 5.71. The van der Waals surface area contributed by atoms with E-state index in [1.807, 2.05) is 24.3 Å². The second-order valence-electron chi connectivity index (χ2n) is 7.39. The summed E-state index contributed by atoms with van der Waals surface area (Å²) in [5, 5.41) is 0. The van der Waals surface area contributed by atoms with Crippen LogP contribution in [0.1, 0.15) is 11.1 Å². The van der Waals surface area contributed by atoms with Crippen LogP contribution in [0.5, 0.6) is 0 Å². The van der Waals surface area contributed by atoms with E-state index in [1.165, 1.54) is 11.1 Å². The molecule has 0 aliphatic heterocycles. The Kier molecular flexibility index (Phi) is 10.2. The molecule has 0 aliphatic rings. The third-order valence-electron chi connectivity index (χ3n) is 2.81.